The van der Waals surface area contributed by atoms with Gasteiger partial charge in [-0.2, -0.15) is 30.3 Å². The van der Waals surface area contributed by atoms with E-state index in [1.165, 1.54) is 5.71 Å². The Morgan fingerprint density at radius 2 is 0.972 bits per heavy atom. The van der Waals surface area contributed by atoms with Gasteiger partial charge in [0.2, 0.25) is 0 Å². The van der Waals surface area contributed by atoms with Crippen molar-refractivity contribution >= 4 is 23.6 Å². The minimum Gasteiger partial charge on any atom is -0.362 e. The molecule has 0 saturated heterocycles. The third kappa shape index (κ3) is 40.3. The highest BCUT2D eigenvalue weighted by Gasteiger charge is 2.20. The van der Waals surface area contributed by atoms with Crippen LogP contribution < -0.4 is 0 Å². The van der Waals surface area contributed by atoms with Gasteiger partial charge in [0, 0.05) is 75.4 Å². The van der Waals surface area contributed by atoms with Crippen molar-refractivity contribution in [2.24, 2.45) is 68.3 Å². The van der Waals surface area contributed by atoms with E-state index in [-0.39, 0.29) is 18.3 Å². The maximum absolute atomic E-state index is 4.90. The van der Waals surface area contributed by atoms with Crippen LogP contribution in [0.5, 0.6) is 0 Å². The summed E-state index contributed by atoms with van der Waals surface area (Å²) in [6, 6.07) is 8.02. The molecule has 3 aliphatic heterocycles. The Labute approximate surface area is 438 Å². The molecule has 15 heteroatoms. The molecule has 0 unspecified atom stereocenters. The van der Waals surface area contributed by atoms with Crippen molar-refractivity contribution in [2.45, 2.75) is 205 Å². The van der Waals surface area contributed by atoms with Gasteiger partial charge in [-0.1, -0.05) is 165 Å². The number of allylic oxidation sites excluding steroid dienone is 1. The first kappa shape index (κ1) is 66.7. The van der Waals surface area contributed by atoms with E-state index >= 15 is 0 Å². The lowest BCUT2D eigenvalue weighted by molar-refractivity contribution is 0.245. The molecule has 15 nitrogen and oxygen atoms in total. The molecule has 4 aromatic heterocycles. The molecule has 0 aliphatic carbocycles. The van der Waals surface area contributed by atoms with Crippen molar-refractivity contribution in [1.29, 1.82) is 0 Å². The summed E-state index contributed by atoms with van der Waals surface area (Å²) < 4.78 is 6.12. The Morgan fingerprint density at radius 1 is 0.514 bits per heavy atom. The van der Waals surface area contributed by atoms with Crippen LogP contribution in [0.1, 0.15) is 179 Å². The van der Waals surface area contributed by atoms with Crippen LogP contribution in [0.15, 0.2) is 117 Å². The van der Waals surface area contributed by atoms with Gasteiger partial charge in [0.1, 0.15) is 17.9 Å². The zero-order valence-corrected chi connectivity index (χ0v) is 48.5. The van der Waals surface area contributed by atoms with Crippen molar-refractivity contribution < 1.29 is 4.84 Å². The number of amidine groups is 1. The summed E-state index contributed by atoms with van der Waals surface area (Å²) in [5, 5.41) is 27.8. The van der Waals surface area contributed by atoms with E-state index in [1.807, 2.05) is 46.3 Å². The minimum absolute atomic E-state index is 0. The lowest BCUT2D eigenvalue weighted by atomic mass is 9.89. The summed E-state index contributed by atoms with van der Waals surface area (Å²) in [6.45, 7) is 55.2. The van der Waals surface area contributed by atoms with Gasteiger partial charge in [-0.05, 0) is 75.0 Å². The van der Waals surface area contributed by atoms with E-state index < -0.39 is 0 Å². The molecule has 72 heavy (non-hydrogen) atoms. The van der Waals surface area contributed by atoms with Gasteiger partial charge in [0.15, 0.2) is 6.67 Å². The van der Waals surface area contributed by atoms with E-state index in [2.05, 4.69) is 232 Å². The number of oxime groups is 1. The molecule has 4 aromatic rings. The van der Waals surface area contributed by atoms with Crippen molar-refractivity contribution in [2.75, 3.05) is 13.2 Å². The molecule has 7 heterocycles. The summed E-state index contributed by atoms with van der Waals surface area (Å²) in [7, 11) is 0. The predicted molar refractivity (Wildman–Crippen MR) is 306 cm³/mol. The topological polar surface area (TPSA) is 155 Å². The molecule has 0 saturated carbocycles. The van der Waals surface area contributed by atoms with Crippen molar-refractivity contribution in [3.63, 3.8) is 0 Å². The molecule has 7 rings (SSSR count). The molecule has 0 spiro atoms. The second-order valence-electron chi connectivity index (χ2n) is 26.9. The molecule has 0 amide bonds. The summed E-state index contributed by atoms with van der Waals surface area (Å²) in [6.07, 6.45) is 20.7. The fraction of sp³-hybridized carbons (Fsp3) is 0.684. The highest BCUT2D eigenvalue weighted by atomic mass is 16.6. The van der Waals surface area contributed by atoms with Crippen molar-refractivity contribution in [3.8, 4) is 0 Å². The first-order valence-electron chi connectivity index (χ1n) is 25.2. The fourth-order valence-corrected chi connectivity index (χ4v) is 6.51. The Bertz CT molecular complexity index is 1970. The molecule has 406 valence electrons. The number of aromatic nitrogens is 8. The molecule has 0 radical (unpaired) electrons. The molecular weight excluding hydrogens is 897 g/mol. The van der Waals surface area contributed by atoms with Crippen molar-refractivity contribution in [1.82, 2.24) is 39.1 Å². The quantitative estimate of drug-likeness (QED) is 0.180. The van der Waals surface area contributed by atoms with Gasteiger partial charge in [-0.15, -0.1) is 5.11 Å². The molecule has 0 aromatic carbocycles. The third-order valence-electron chi connectivity index (χ3n) is 8.76. The highest BCUT2D eigenvalue weighted by molar-refractivity contribution is 5.96. The van der Waals surface area contributed by atoms with E-state index in [0.717, 1.165) is 75.7 Å². The Kier molecular flexibility index (Phi) is 28.4. The minimum atomic E-state index is 0. The maximum Gasteiger partial charge on any atom is 0.152 e. The molecule has 0 fully saturated rings. The fourth-order valence-electron chi connectivity index (χ4n) is 6.51. The Morgan fingerprint density at radius 3 is 1.31 bits per heavy atom. The van der Waals surface area contributed by atoms with Gasteiger partial charge < -0.3 is 9.40 Å². The van der Waals surface area contributed by atoms with Gasteiger partial charge in [0.25, 0.3) is 0 Å². The Hall–Kier alpha value is -5.34. The molecule has 0 N–H and O–H groups in total. The van der Waals surface area contributed by atoms with Crippen LogP contribution in [0.3, 0.4) is 0 Å². The predicted octanol–water partition coefficient (Wildman–Crippen LogP) is 15.2. The number of hydrogen-bond donors (Lipinski definition) is 0. The normalized spacial score (nSPS) is 14.3. The van der Waals surface area contributed by atoms with E-state index in [0.29, 0.717) is 33.7 Å². The van der Waals surface area contributed by atoms with Gasteiger partial charge in [-0.3, -0.25) is 14.4 Å². The molecular formula is C57H102N14O. The lowest BCUT2D eigenvalue weighted by Gasteiger charge is -2.18. The van der Waals surface area contributed by atoms with Crippen LogP contribution in [0.2, 0.25) is 0 Å². The molecule has 0 atom stereocenters. The largest absolute Gasteiger partial charge is 0.362 e. The zero-order chi connectivity index (χ0) is 54.2. The van der Waals surface area contributed by atoms with Crippen LogP contribution in [-0.4, -0.2) is 75.9 Å². The summed E-state index contributed by atoms with van der Waals surface area (Å²) in [5.74, 6) is 1.66. The standard InChI is InChI=1S/C9H15NO.C9H15N.3C8H14N2.2C7H13N3.CH4/c1-7-5-8(10-11-7)6-9(2,3)4;1-9(2,3)8-10-6-4-5-7-10;1-8(2,3)4-7-5-9-6-10-7;2*1-8(2,3)7-10-6-4-5-9-10;1-7(2,3)4-6-8-5-9-10-6;1-7(2,3)6-10-8-4-5-9-10;/h1,5-6H2,2-4H3;4-7H,8H2,1-3H3;6H,4-5H2,1-3H3;2*4-6H,7H2,1-3H3;4-5H2,1-3H3;4-5H,6H2,1-3H3;1H4. The average Bonchev–Trinajstić information content (AvgIpc) is 4.01. The Balaban J connectivity index is 0.000000815. The van der Waals surface area contributed by atoms with E-state index in [9.17, 15) is 0 Å². The summed E-state index contributed by atoms with van der Waals surface area (Å²) in [5.41, 5.74) is 4.56. The lowest BCUT2D eigenvalue weighted by Crippen LogP contribution is -2.17. The average molecular weight is 1000 g/mol. The van der Waals surface area contributed by atoms with Crippen LogP contribution in [0.25, 0.3) is 0 Å². The van der Waals surface area contributed by atoms with Crippen molar-refractivity contribution in [3.05, 3.63) is 86.2 Å². The number of azo groups is 1. The summed E-state index contributed by atoms with van der Waals surface area (Å²) in [4.78, 5) is 18.9. The number of aliphatic imine (C=N–C) groups is 3. The van der Waals surface area contributed by atoms with E-state index in [1.54, 1.807) is 23.5 Å². The second-order valence-corrected chi connectivity index (χ2v) is 26.9. The van der Waals surface area contributed by atoms with Gasteiger partial charge in [-0.25, -0.2) is 9.98 Å². The van der Waals surface area contributed by atoms with Gasteiger partial charge in [0.05, 0.1) is 31.2 Å². The van der Waals surface area contributed by atoms with Gasteiger partial charge >= 0.3 is 0 Å². The first-order chi connectivity index (χ1) is 32.4. The molecule has 0 bridgehead atoms. The summed E-state index contributed by atoms with van der Waals surface area (Å²) >= 11 is 0. The smallest absolute Gasteiger partial charge is 0.152 e. The van der Waals surface area contributed by atoms with Crippen LogP contribution in [0.4, 0.5) is 0 Å². The first-order valence-corrected chi connectivity index (χ1v) is 25.2. The number of nitrogens with zero attached hydrogens (tertiary/aromatic N) is 14. The zero-order valence-electron chi connectivity index (χ0n) is 48.5. The maximum atomic E-state index is 4.90. The van der Waals surface area contributed by atoms with Crippen LogP contribution in [0, 0.1) is 37.9 Å². The van der Waals surface area contributed by atoms with Crippen LogP contribution >= 0.6 is 0 Å². The number of rotatable bonds is 7. The second kappa shape index (κ2) is 30.6. The highest BCUT2D eigenvalue weighted by Crippen LogP contribution is 2.25. The third-order valence-corrected chi connectivity index (χ3v) is 8.76. The molecule has 3 aliphatic rings. The van der Waals surface area contributed by atoms with Crippen LogP contribution in [-0.2, 0) is 31.0 Å². The van der Waals surface area contributed by atoms with E-state index in [4.69, 9.17) is 4.84 Å². The SMILES string of the molecule is C.C=C1CC(CC(C)(C)C)=NO1.CC(C)(C)CC1=NC=NC1.CC(C)(C)CC1=NCN=N1.CC(C)(C)Cn1cccc1.CC(C)(C)Cn1cccn1.CC(C)(C)Cn1cccn1.CC(C)(C)Cn1nccn1. The monoisotopic (exact) mass is 999 g/mol. The number of hydrogen-bond acceptors (Lipinski definition) is 11.